The first-order valence-electron chi connectivity index (χ1n) is 6.66. The second-order valence-electron chi connectivity index (χ2n) is 4.97. The molecule has 0 atom stereocenters. The number of aromatic carboxylic acids is 1. The first kappa shape index (κ1) is 13.2. The molecule has 0 spiro atoms. The van der Waals surface area contributed by atoms with E-state index in [1.807, 2.05) is 37.4 Å². The van der Waals surface area contributed by atoms with Gasteiger partial charge in [0.25, 0.3) is 0 Å². The van der Waals surface area contributed by atoms with Crippen molar-refractivity contribution in [3.63, 3.8) is 0 Å². The maximum Gasteiger partial charge on any atom is 0.335 e. The second-order valence-corrected chi connectivity index (χ2v) is 4.97. The van der Waals surface area contributed by atoms with Crippen molar-refractivity contribution in [2.24, 2.45) is 0 Å². The van der Waals surface area contributed by atoms with Crippen LogP contribution in [0.5, 0.6) is 5.75 Å². The van der Waals surface area contributed by atoms with E-state index < -0.39 is 5.97 Å². The monoisotopic (exact) mass is 281 g/mol. The summed E-state index contributed by atoms with van der Waals surface area (Å²) in [6.45, 7) is 2.38. The summed E-state index contributed by atoms with van der Waals surface area (Å²) in [7, 11) is 0. The van der Waals surface area contributed by atoms with E-state index in [1.54, 1.807) is 18.2 Å². The van der Waals surface area contributed by atoms with Crippen LogP contribution in [0.4, 0.5) is 0 Å². The number of ether oxygens (including phenoxy) is 1. The average molecular weight is 281 g/mol. The molecule has 0 fully saturated rings. The number of nitrogens with one attached hydrogen (secondary N) is 1. The molecule has 1 heterocycles. The number of H-pyrrole nitrogens is 1. The molecular weight excluding hydrogens is 266 g/mol. The maximum atomic E-state index is 10.9. The summed E-state index contributed by atoms with van der Waals surface area (Å²) in [5.74, 6) is -0.160. The molecule has 0 aliphatic heterocycles. The molecule has 0 bridgehead atoms. The van der Waals surface area contributed by atoms with Gasteiger partial charge in [0.2, 0.25) is 0 Å². The van der Waals surface area contributed by atoms with Crippen LogP contribution in [0.1, 0.15) is 21.5 Å². The van der Waals surface area contributed by atoms with Crippen LogP contribution in [0.3, 0.4) is 0 Å². The Hall–Kier alpha value is -2.75. The van der Waals surface area contributed by atoms with Gasteiger partial charge in [-0.3, -0.25) is 0 Å². The van der Waals surface area contributed by atoms with Crippen LogP contribution in [0.15, 0.2) is 48.7 Å². The van der Waals surface area contributed by atoms with E-state index in [0.717, 1.165) is 22.2 Å². The Morgan fingerprint density at radius 1 is 1.24 bits per heavy atom. The highest BCUT2D eigenvalue weighted by atomic mass is 16.5. The molecule has 2 N–H and O–H groups in total. The Morgan fingerprint density at radius 3 is 2.90 bits per heavy atom. The van der Waals surface area contributed by atoms with Crippen LogP contribution in [0.2, 0.25) is 0 Å². The van der Waals surface area contributed by atoms with E-state index in [2.05, 4.69) is 4.98 Å². The number of rotatable bonds is 4. The topological polar surface area (TPSA) is 62.3 Å². The van der Waals surface area contributed by atoms with Crippen molar-refractivity contribution in [1.82, 2.24) is 4.98 Å². The van der Waals surface area contributed by atoms with Crippen molar-refractivity contribution in [2.45, 2.75) is 13.5 Å². The zero-order valence-electron chi connectivity index (χ0n) is 11.6. The van der Waals surface area contributed by atoms with Gasteiger partial charge in [0.15, 0.2) is 0 Å². The smallest absolute Gasteiger partial charge is 0.335 e. The van der Waals surface area contributed by atoms with E-state index in [-0.39, 0.29) is 5.56 Å². The fourth-order valence-electron chi connectivity index (χ4n) is 2.29. The second kappa shape index (κ2) is 5.32. The van der Waals surface area contributed by atoms with E-state index in [9.17, 15) is 4.79 Å². The fourth-order valence-corrected chi connectivity index (χ4v) is 2.29. The third-order valence-corrected chi connectivity index (χ3v) is 3.44. The van der Waals surface area contributed by atoms with Crippen LogP contribution in [-0.2, 0) is 6.61 Å². The van der Waals surface area contributed by atoms with Gasteiger partial charge in [-0.15, -0.1) is 0 Å². The molecule has 3 rings (SSSR count). The maximum absolute atomic E-state index is 10.9. The van der Waals surface area contributed by atoms with Gasteiger partial charge in [0.05, 0.1) is 5.56 Å². The molecule has 3 aromatic rings. The molecule has 106 valence electrons. The van der Waals surface area contributed by atoms with Crippen molar-refractivity contribution >= 4 is 16.9 Å². The summed E-state index contributed by atoms with van der Waals surface area (Å²) in [4.78, 5) is 14.1. The fraction of sp³-hybridized carbons (Fsp3) is 0.118. The molecule has 0 amide bonds. The summed E-state index contributed by atoms with van der Waals surface area (Å²) < 4.78 is 5.75. The lowest BCUT2D eigenvalue weighted by Gasteiger charge is -2.07. The van der Waals surface area contributed by atoms with Gasteiger partial charge in [-0.05, 0) is 48.4 Å². The van der Waals surface area contributed by atoms with Crippen molar-refractivity contribution in [1.29, 1.82) is 0 Å². The summed E-state index contributed by atoms with van der Waals surface area (Å²) in [6, 6.07) is 12.6. The minimum absolute atomic E-state index is 0.271. The molecule has 4 nitrogen and oxygen atoms in total. The van der Waals surface area contributed by atoms with Crippen LogP contribution in [-0.4, -0.2) is 16.1 Å². The zero-order valence-corrected chi connectivity index (χ0v) is 11.6. The van der Waals surface area contributed by atoms with Gasteiger partial charge in [0, 0.05) is 17.1 Å². The highest BCUT2D eigenvalue weighted by Crippen LogP contribution is 2.23. The number of aromatic nitrogens is 1. The van der Waals surface area contributed by atoms with Crippen molar-refractivity contribution in [3.05, 3.63) is 65.4 Å². The number of hydrogen-bond acceptors (Lipinski definition) is 2. The van der Waals surface area contributed by atoms with E-state index in [1.165, 1.54) is 5.56 Å². The number of fused-ring (bicyclic) bond motifs is 1. The van der Waals surface area contributed by atoms with E-state index in [4.69, 9.17) is 9.84 Å². The molecule has 0 aliphatic carbocycles. The summed E-state index contributed by atoms with van der Waals surface area (Å²) in [5.41, 5.74) is 3.35. The Balaban J connectivity index is 1.78. The number of aromatic amines is 1. The molecule has 0 saturated heterocycles. The number of benzene rings is 2. The minimum atomic E-state index is -0.929. The molecule has 0 saturated carbocycles. The van der Waals surface area contributed by atoms with Gasteiger partial charge in [-0.2, -0.15) is 0 Å². The third kappa shape index (κ3) is 2.74. The number of carbonyl (C=O) groups is 1. The van der Waals surface area contributed by atoms with Crippen LogP contribution < -0.4 is 4.74 Å². The number of carboxylic acid groups (broad SMARTS) is 1. The lowest BCUT2D eigenvalue weighted by molar-refractivity contribution is 0.0696. The minimum Gasteiger partial charge on any atom is -0.489 e. The average Bonchev–Trinajstić information content (AvgIpc) is 2.86. The molecular formula is C17H15NO3. The Morgan fingerprint density at radius 2 is 2.10 bits per heavy atom. The van der Waals surface area contributed by atoms with Gasteiger partial charge in [-0.25, -0.2) is 4.79 Å². The quantitative estimate of drug-likeness (QED) is 0.765. The summed E-state index contributed by atoms with van der Waals surface area (Å²) in [6.07, 6.45) is 1.96. The first-order valence-corrected chi connectivity index (χ1v) is 6.66. The normalized spacial score (nSPS) is 10.7. The third-order valence-electron chi connectivity index (χ3n) is 3.44. The standard InChI is InChI=1S/C17H15NO3/c1-11-9-18-16-6-5-14(8-15(11)16)21-10-12-3-2-4-13(7-12)17(19)20/h2-9,18H,10H2,1H3,(H,19,20). The molecule has 0 unspecified atom stereocenters. The van der Waals surface area contributed by atoms with Crippen molar-refractivity contribution in [3.8, 4) is 5.75 Å². The Bertz CT molecular complexity index is 805. The number of carboxylic acids is 1. The van der Waals surface area contributed by atoms with Gasteiger partial charge < -0.3 is 14.8 Å². The highest BCUT2D eigenvalue weighted by Gasteiger charge is 2.05. The number of aryl methyl sites for hydroxylation is 1. The predicted octanol–water partition coefficient (Wildman–Crippen LogP) is 3.75. The summed E-state index contributed by atoms with van der Waals surface area (Å²) in [5, 5.41) is 10.1. The van der Waals surface area contributed by atoms with Gasteiger partial charge >= 0.3 is 5.97 Å². The first-order chi connectivity index (χ1) is 10.1. The van der Waals surface area contributed by atoms with E-state index >= 15 is 0 Å². The molecule has 2 aromatic carbocycles. The van der Waals surface area contributed by atoms with Crippen molar-refractivity contribution < 1.29 is 14.6 Å². The lowest BCUT2D eigenvalue weighted by Crippen LogP contribution is -2.00. The Kier molecular flexibility index (Phi) is 3.36. The molecule has 1 aromatic heterocycles. The predicted molar refractivity (Wildman–Crippen MR) is 80.8 cm³/mol. The molecule has 21 heavy (non-hydrogen) atoms. The van der Waals surface area contributed by atoms with E-state index in [0.29, 0.717) is 6.61 Å². The zero-order chi connectivity index (χ0) is 14.8. The van der Waals surface area contributed by atoms with Crippen LogP contribution in [0, 0.1) is 6.92 Å². The van der Waals surface area contributed by atoms with Gasteiger partial charge in [-0.1, -0.05) is 12.1 Å². The summed E-state index contributed by atoms with van der Waals surface area (Å²) >= 11 is 0. The van der Waals surface area contributed by atoms with Crippen molar-refractivity contribution in [2.75, 3.05) is 0 Å². The Labute approximate surface area is 122 Å². The lowest BCUT2D eigenvalue weighted by atomic mass is 10.1. The molecule has 0 aliphatic rings. The molecule has 0 radical (unpaired) electrons. The van der Waals surface area contributed by atoms with Crippen LogP contribution in [0.25, 0.3) is 10.9 Å². The number of hydrogen-bond donors (Lipinski definition) is 2. The molecule has 4 heteroatoms. The highest BCUT2D eigenvalue weighted by molar-refractivity contribution is 5.87. The van der Waals surface area contributed by atoms with Crippen LogP contribution >= 0.6 is 0 Å². The largest absolute Gasteiger partial charge is 0.489 e. The van der Waals surface area contributed by atoms with Gasteiger partial charge in [0.1, 0.15) is 12.4 Å². The SMILES string of the molecule is Cc1c[nH]c2ccc(OCc3cccc(C(=O)O)c3)cc12.